The first-order valence-corrected chi connectivity index (χ1v) is 13.5. The van der Waals surface area contributed by atoms with Crippen LogP contribution in [0.3, 0.4) is 0 Å². The SMILES string of the molecule is CCCCS(=O)(=O)N[C@H](COc1cccc(C(=N)N)c1)Cc1ccc(OC2CCNCC2)cc1. The number of amidine groups is 1. The number of benzene rings is 2. The summed E-state index contributed by atoms with van der Waals surface area (Å²) in [6.45, 7) is 4.06. The average Bonchev–Trinajstić information content (AvgIpc) is 2.83. The van der Waals surface area contributed by atoms with Crippen LogP contribution in [0.15, 0.2) is 48.5 Å². The van der Waals surface area contributed by atoms with E-state index >= 15 is 0 Å². The summed E-state index contributed by atoms with van der Waals surface area (Å²) in [4.78, 5) is 0. The highest BCUT2D eigenvalue weighted by atomic mass is 32.2. The van der Waals surface area contributed by atoms with E-state index in [2.05, 4.69) is 10.0 Å². The second-order valence-electron chi connectivity index (χ2n) is 8.65. The summed E-state index contributed by atoms with van der Waals surface area (Å²) in [5, 5.41) is 10.9. The molecule has 2 aromatic rings. The third kappa shape index (κ3) is 8.62. The zero-order valence-electron chi connectivity index (χ0n) is 19.8. The Balaban J connectivity index is 1.66. The first-order valence-electron chi connectivity index (χ1n) is 11.9. The fourth-order valence-corrected chi connectivity index (χ4v) is 5.27. The molecule has 0 aliphatic carbocycles. The zero-order chi connectivity index (χ0) is 24.4. The van der Waals surface area contributed by atoms with E-state index in [1.807, 2.05) is 31.2 Å². The van der Waals surface area contributed by atoms with Crippen LogP contribution >= 0.6 is 0 Å². The van der Waals surface area contributed by atoms with Crippen molar-refractivity contribution in [3.05, 3.63) is 59.7 Å². The monoisotopic (exact) mass is 488 g/mol. The number of rotatable bonds is 13. The van der Waals surface area contributed by atoms with Gasteiger partial charge in [0.1, 0.15) is 30.0 Å². The zero-order valence-corrected chi connectivity index (χ0v) is 20.6. The predicted molar refractivity (Wildman–Crippen MR) is 135 cm³/mol. The molecule has 0 saturated carbocycles. The Labute approximate surface area is 202 Å². The molecular weight excluding hydrogens is 452 g/mol. The van der Waals surface area contributed by atoms with Crippen LogP contribution < -0.4 is 25.2 Å². The second-order valence-corrected chi connectivity index (χ2v) is 10.5. The van der Waals surface area contributed by atoms with E-state index in [9.17, 15) is 8.42 Å². The molecule has 0 radical (unpaired) electrons. The van der Waals surface area contributed by atoms with Crippen LogP contribution in [0.4, 0.5) is 0 Å². The maximum atomic E-state index is 12.6. The normalized spacial score (nSPS) is 15.6. The molecule has 0 unspecified atom stereocenters. The Kier molecular flexibility index (Phi) is 9.74. The fraction of sp³-hybridized carbons (Fsp3) is 0.480. The Morgan fingerprint density at radius 2 is 1.91 bits per heavy atom. The van der Waals surface area contributed by atoms with Gasteiger partial charge < -0.3 is 20.5 Å². The molecule has 9 heteroatoms. The minimum atomic E-state index is -3.43. The molecule has 186 valence electrons. The van der Waals surface area contributed by atoms with Crippen molar-refractivity contribution in [3.63, 3.8) is 0 Å². The van der Waals surface area contributed by atoms with Gasteiger partial charge in [-0.3, -0.25) is 5.41 Å². The fourth-order valence-electron chi connectivity index (χ4n) is 3.83. The van der Waals surface area contributed by atoms with Crippen LogP contribution in [0.1, 0.15) is 43.7 Å². The van der Waals surface area contributed by atoms with Gasteiger partial charge in [-0.1, -0.05) is 37.6 Å². The number of ether oxygens (including phenoxy) is 2. The first-order chi connectivity index (χ1) is 16.3. The van der Waals surface area contributed by atoms with Gasteiger partial charge in [0.25, 0.3) is 0 Å². The van der Waals surface area contributed by atoms with Gasteiger partial charge in [0.2, 0.25) is 10.0 Å². The van der Waals surface area contributed by atoms with Crippen molar-refractivity contribution in [1.29, 1.82) is 5.41 Å². The maximum absolute atomic E-state index is 12.6. The van der Waals surface area contributed by atoms with Crippen LogP contribution in [-0.4, -0.2) is 51.8 Å². The Bertz CT molecular complexity index is 1020. The first kappa shape index (κ1) is 26.0. The standard InChI is InChI=1S/C25H36N4O4S/c1-2-3-15-34(30,31)29-21(18-32-24-6-4-5-20(17-24)25(26)27)16-19-7-9-22(10-8-19)33-23-11-13-28-14-12-23/h4-10,17,21,23,28-29H,2-3,11-16,18H2,1H3,(H3,26,27)/t21-/m0/s1. The van der Waals surface area contributed by atoms with Crippen molar-refractivity contribution < 1.29 is 17.9 Å². The smallest absolute Gasteiger partial charge is 0.211 e. The third-order valence-electron chi connectivity index (χ3n) is 5.70. The summed E-state index contributed by atoms with van der Waals surface area (Å²) < 4.78 is 39.9. The molecule has 1 atom stereocenters. The largest absolute Gasteiger partial charge is 0.492 e. The minimum absolute atomic E-state index is 0.0472. The highest BCUT2D eigenvalue weighted by Gasteiger charge is 2.20. The number of nitrogen functional groups attached to an aromatic ring is 1. The van der Waals surface area contributed by atoms with Crippen LogP contribution in [0.2, 0.25) is 0 Å². The van der Waals surface area contributed by atoms with Crippen LogP contribution in [0.25, 0.3) is 0 Å². The number of hydrogen-bond donors (Lipinski definition) is 4. The van der Waals surface area contributed by atoms with Gasteiger partial charge in [-0.05, 0) is 68.6 Å². The lowest BCUT2D eigenvalue weighted by atomic mass is 10.1. The van der Waals surface area contributed by atoms with Crippen molar-refractivity contribution in [2.75, 3.05) is 25.4 Å². The molecular formula is C25H36N4O4S. The molecule has 1 aliphatic rings. The van der Waals surface area contributed by atoms with Gasteiger partial charge in [-0.25, -0.2) is 13.1 Å². The summed E-state index contributed by atoms with van der Waals surface area (Å²) in [5.41, 5.74) is 7.11. The van der Waals surface area contributed by atoms with Crippen LogP contribution in [0.5, 0.6) is 11.5 Å². The summed E-state index contributed by atoms with van der Waals surface area (Å²) >= 11 is 0. The molecule has 0 spiro atoms. The van der Waals surface area contributed by atoms with Crippen molar-refractivity contribution in [3.8, 4) is 11.5 Å². The predicted octanol–water partition coefficient (Wildman–Crippen LogP) is 2.81. The molecule has 1 aliphatic heterocycles. The highest BCUT2D eigenvalue weighted by Crippen LogP contribution is 2.19. The van der Waals surface area contributed by atoms with Gasteiger partial charge in [0.05, 0.1) is 11.8 Å². The second kappa shape index (κ2) is 12.7. The van der Waals surface area contributed by atoms with Gasteiger partial charge in [-0.15, -0.1) is 0 Å². The molecule has 8 nitrogen and oxygen atoms in total. The van der Waals surface area contributed by atoms with E-state index in [1.54, 1.807) is 24.3 Å². The molecule has 34 heavy (non-hydrogen) atoms. The summed E-state index contributed by atoms with van der Waals surface area (Å²) in [5.74, 6) is 1.40. The lowest BCUT2D eigenvalue weighted by Gasteiger charge is -2.24. The van der Waals surface area contributed by atoms with E-state index < -0.39 is 16.1 Å². The van der Waals surface area contributed by atoms with Crippen molar-refractivity contribution in [2.24, 2.45) is 5.73 Å². The minimum Gasteiger partial charge on any atom is -0.492 e. The van der Waals surface area contributed by atoms with E-state index in [0.29, 0.717) is 24.2 Å². The number of hydrogen-bond acceptors (Lipinski definition) is 6. The molecule has 5 N–H and O–H groups in total. The third-order valence-corrected chi connectivity index (χ3v) is 7.22. The lowest BCUT2D eigenvalue weighted by molar-refractivity contribution is 0.162. The molecule has 1 saturated heterocycles. The number of nitrogens with one attached hydrogen (secondary N) is 3. The van der Waals surface area contributed by atoms with E-state index in [-0.39, 0.29) is 24.3 Å². The van der Waals surface area contributed by atoms with Gasteiger partial charge in [0.15, 0.2) is 0 Å². The Hall–Kier alpha value is -2.62. The van der Waals surface area contributed by atoms with Crippen LogP contribution in [0, 0.1) is 5.41 Å². The lowest BCUT2D eigenvalue weighted by Crippen LogP contribution is -2.41. The topological polar surface area (TPSA) is 127 Å². The van der Waals surface area contributed by atoms with Crippen molar-refractivity contribution in [2.45, 2.75) is 51.2 Å². The van der Waals surface area contributed by atoms with E-state index in [4.69, 9.17) is 20.6 Å². The molecule has 0 bridgehead atoms. The number of piperidine rings is 1. The molecule has 0 amide bonds. The molecule has 3 rings (SSSR count). The molecule has 1 heterocycles. The Morgan fingerprint density at radius 1 is 1.18 bits per heavy atom. The van der Waals surface area contributed by atoms with E-state index in [1.165, 1.54) is 0 Å². The van der Waals surface area contributed by atoms with Crippen molar-refractivity contribution >= 4 is 15.9 Å². The van der Waals surface area contributed by atoms with Crippen molar-refractivity contribution in [1.82, 2.24) is 10.0 Å². The number of unbranched alkanes of at least 4 members (excludes halogenated alkanes) is 1. The van der Waals surface area contributed by atoms with Crippen LogP contribution in [-0.2, 0) is 16.4 Å². The summed E-state index contributed by atoms with van der Waals surface area (Å²) in [6.07, 6.45) is 4.09. The average molecular weight is 489 g/mol. The maximum Gasteiger partial charge on any atom is 0.211 e. The molecule has 1 fully saturated rings. The molecule has 2 aromatic carbocycles. The van der Waals surface area contributed by atoms with Gasteiger partial charge in [-0.2, -0.15) is 0 Å². The van der Waals surface area contributed by atoms with Gasteiger partial charge >= 0.3 is 0 Å². The highest BCUT2D eigenvalue weighted by molar-refractivity contribution is 7.89. The molecule has 0 aromatic heterocycles. The number of nitrogens with two attached hydrogens (primary N) is 1. The van der Waals surface area contributed by atoms with Gasteiger partial charge in [0, 0.05) is 5.56 Å². The van der Waals surface area contributed by atoms with E-state index in [0.717, 1.165) is 43.7 Å². The quantitative estimate of drug-likeness (QED) is 0.254. The summed E-state index contributed by atoms with van der Waals surface area (Å²) in [7, 11) is -3.43. The Morgan fingerprint density at radius 3 is 2.59 bits per heavy atom. The number of sulfonamides is 1. The summed E-state index contributed by atoms with van der Waals surface area (Å²) in [6, 6.07) is 14.3.